The number of amides is 1. The highest BCUT2D eigenvalue weighted by atomic mass is 16.5. The SMILES string of the molecule is CC(N)CCC(=O)NCCCOCC1CC1. The Labute approximate surface area is 97.9 Å². The molecule has 1 amide bonds. The number of carbonyl (C=O) groups excluding carboxylic acids is 1. The third-order valence-electron chi connectivity index (χ3n) is 2.66. The fraction of sp³-hybridized carbons (Fsp3) is 0.917. The number of hydrogen-bond acceptors (Lipinski definition) is 3. The molecule has 0 aromatic carbocycles. The summed E-state index contributed by atoms with van der Waals surface area (Å²) in [5, 5.41) is 2.87. The van der Waals surface area contributed by atoms with Gasteiger partial charge in [-0.3, -0.25) is 4.79 Å². The van der Waals surface area contributed by atoms with Gasteiger partial charge in [-0.2, -0.15) is 0 Å². The van der Waals surface area contributed by atoms with Crippen LogP contribution in [0.3, 0.4) is 0 Å². The zero-order chi connectivity index (χ0) is 11.8. The molecule has 1 saturated carbocycles. The third kappa shape index (κ3) is 7.65. The number of nitrogens with one attached hydrogen (secondary N) is 1. The van der Waals surface area contributed by atoms with E-state index in [-0.39, 0.29) is 11.9 Å². The molecule has 1 fully saturated rings. The molecule has 0 heterocycles. The molecule has 0 bridgehead atoms. The smallest absolute Gasteiger partial charge is 0.220 e. The zero-order valence-corrected chi connectivity index (χ0v) is 10.2. The number of rotatable bonds is 9. The summed E-state index contributed by atoms with van der Waals surface area (Å²) in [6.45, 7) is 4.28. The van der Waals surface area contributed by atoms with E-state index in [9.17, 15) is 4.79 Å². The van der Waals surface area contributed by atoms with E-state index in [1.165, 1.54) is 12.8 Å². The van der Waals surface area contributed by atoms with E-state index in [2.05, 4.69) is 5.32 Å². The number of hydrogen-bond donors (Lipinski definition) is 2. The fourth-order valence-corrected chi connectivity index (χ4v) is 1.38. The monoisotopic (exact) mass is 228 g/mol. The molecule has 0 aromatic heterocycles. The summed E-state index contributed by atoms with van der Waals surface area (Å²) in [5.74, 6) is 0.917. The van der Waals surface area contributed by atoms with Crippen molar-refractivity contribution in [2.24, 2.45) is 11.7 Å². The lowest BCUT2D eigenvalue weighted by Crippen LogP contribution is -2.27. The first-order valence-electron chi connectivity index (χ1n) is 6.28. The average Bonchev–Trinajstić information content (AvgIpc) is 3.04. The van der Waals surface area contributed by atoms with Gasteiger partial charge in [0.15, 0.2) is 0 Å². The van der Waals surface area contributed by atoms with Crippen LogP contribution in [0.15, 0.2) is 0 Å². The average molecular weight is 228 g/mol. The van der Waals surface area contributed by atoms with Crippen LogP contribution in [0.4, 0.5) is 0 Å². The molecular formula is C12H24N2O2. The maximum atomic E-state index is 11.3. The summed E-state index contributed by atoms with van der Waals surface area (Å²) < 4.78 is 5.47. The maximum Gasteiger partial charge on any atom is 0.220 e. The van der Waals surface area contributed by atoms with E-state index in [4.69, 9.17) is 10.5 Å². The minimum Gasteiger partial charge on any atom is -0.381 e. The van der Waals surface area contributed by atoms with E-state index in [1.54, 1.807) is 0 Å². The largest absolute Gasteiger partial charge is 0.381 e. The molecule has 3 N–H and O–H groups in total. The van der Waals surface area contributed by atoms with Crippen LogP contribution in [0.1, 0.15) is 39.0 Å². The van der Waals surface area contributed by atoms with Gasteiger partial charge in [0.25, 0.3) is 0 Å². The molecule has 1 unspecified atom stereocenters. The molecule has 94 valence electrons. The van der Waals surface area contributed by atoms with Crippen molar-refractivity contribution in [1.82, 2.24) is 5.32 Å². The van der Waals surface area contributed by atoms with Crippen LogP contribution >= 0.6 is 0 Å². The van der Waals surface area contributed by atoms with E-state index in [0.29, 0.717) is 13.0 Å². The Morgan fingerprint density at radius 3 is 2.94 bits per heavy atom. The number of nitrogens with two attached hydrogens (primary N) is 1. The molecule has 4 nitrogen and oxygen atoms in total. The third-order valence-corrected chi connectivity index (χ3v) is 2.66. The highest BCUT2D eigenvalue weighted by molar-refractivity contribution is 5.75. The molecular weight excluding hydrogens is 204 g/mol. The first-order chi connectivity index (χ1) is 7.68. The van der Waals surface area contributed by atoms with Crippen molar-refractivity contribution in [1.29, 1.82) is 0 Å². The molecule has 0 spiro atoms. The van der Waals surface area contributed by atoms with Gasteiger partial charge in [0.2, 0.25) is 5.91 Å². The van der Waals surface area contributed by atoms with Crippen LogP contribution in [0.5, 0.6) is 0 Å². The second-order valence-corrected chi connectivity index (χ2v) is 4.74. The van der Waals surface area contributed by atoms with Crippen LogP contribution in [-0.4, -0.2) is 31.7 Å². The summed E-state index contributed by atoms with van der Waals surface area (Å²) in [6.07, 6.45) is 4.84. The second kappa shape index (κ2) is 7.63. The van der Waals surface area contributed by atoms with Crippen molar-refractivity contribution in [3.05, 3.63) is 0 Å². The quantitative estimate of drug-likeness (QED) is 0.580. The fourth-order valence-electron chi connectivity index (χ4n) is 1.38. The Morgan fingerprint density at radius 2 is 2.31 bits per heavy atom. The lowest BCUT2D eigenvalue weighted by Gasteiger charge is -2.07. The van der Waals surface area contributed by atoms with Crippen molar-refractivity contribution in [2.75, 3.05) is 19.8 Å². The molecule has 0 aromatic rings. The van der Waals surface area contributed by atoms with Crippen molar-refractivity contribution >= 4 is 5.91 Å². The number of ether oxygens (including phenoxy) is 1. The molecule has 4 heteroatoms. The summed E-state index contributed by atoms with van der Waals surface area (Å²) in [6, 6.07) is 0.104. The van der Waals surface area contributed by atoms with E-state index < -0.39 is 0 Å². The predicted molar refractivity (Wildman–Crippen MR) is 64.1 cm³/mol. The normalized spacial score (nSPS) is 17.1. The Hall–Kier alpha value is -0.610. The minimum atomic E-state index is 0.0968. The second-order valence-electron chi connectivity index (χ2n) is 4.74. The Bertz CT molecular complexity index is 203. The maximum absolute atomic E-state index is 11.3. The molecule has 0 aliphatic heterocycles. The zero-order valence-electron chi connectivity index (χ0n) is 10.2. The Balaban J connectivity index is 1.80. The molecule has 16 heavy (non-hydrogen) atoms. The molecule has 1 rings (SSSR count). The molecule has 0 radical (unpaired) electrons. The first kappa shape index (κ1) is 13.5. The van der Waals surface area contributed by atoms with Gasteiger partial charge < -0.3 is 15.8 Å². The topological polar surface area (TPSA) is 64.4 Å². The Morgan fingerprint density at radius 1 is 1.56 bits per heavy atom. The molecule has 1 aliphatic rings. The Kier molecular flexibility index (Phi) is 6.42. The summed E-state index contributed by atoms with van der Waals surface area (Å²) >= 11 is 0. The van der Waals surface area contributed by atoms with Crippen molar-refractivity contribution in [3.8, 4) is 0 Å². The van der Waals surface area contributed by atoms with Crippen LogP contribution in [0.25, 0.3) is 0 Å². The van der Waals surface area contributed by atoms with Crippen molar-refractivity contribution in [2.45, 2.75) is 45.1 Å². The van der Waals surface area contributed by atoms with Gasteiger partial charge in [-0.1, -0.05) is 0 Å². The highest BCUT2D eigenvalue weighted by Gasteiger charge is 2.20. The minimum absolute atomic E-state index is 0.0968. The van der Waals surface area contributed by atoms with Crippen molar-refractivity contribution < 1.29 is 9.53 Å². The van der Waals surface area contributed by atoms with Crippen LogP contribution in [-0.2, 0) is 9.53 Å². The van der Waals surface area contributed by atoms with E-state index in [1.807, 2.05) is 6.92 Å². The van der Waals surface area contributed by atoms with Gasteiger partial charge >= 0.3 is 0 Å². The first-order valence-corrected chi connectivity index (χ1v) is 6.28. The lowest BCUT2D eigenvalue weighted by molar-refractivity contribution is -0.121. The van der Waals surface area contributed by atoms with Gasteiger partial charge in [0, 0.05) is 32.2 Å². The van der Waals surface area contributed by atoms with E-state index >= 15 is 0 Å². The van der Waals surface area contributed by atoms with Crippen LogP contribution in [0, 0.1) is 5.92 Å². The molecule has 0 saturated heterocycles. The summed E-state index contributed by atoms with van der Waals surface area (Å²) in [5.41, 5.74) is 5.57. The summed E-state index contributed by atoms with van der Waals surface area (Å²) in [7, 11) is 0. The number of carbonyl (C=O) groups is 1. The van der Waals surface area contributed by atoms with Gasteiger partial charge in [0.1, 0.15) is 0 Å². The summed E-state index contributed by atoms with van der Waals surface area (Å²) in [4.78, 5) is 11.3. The highest BCUT2D eigenvalue weighted by Crippen LogP contribution is 2.28. The van der Waals surface area contributed by atoms with Crippen LogP contribution < -0.4 is 11.1 Å². The van der Waals surface area contributed by atoms with Gasteiger partial charge in [-0.05, 0) is 38.5 Å². The van der Waals surface area contributed by atoms with E-state index in [0.717, 1.165) is 32.0 Å². The predicted octanol–water partition coefficient (Wildman–Crippen LogP) is 1.05. The standard InChI is InChI=1S/C12H24N2O2/c1-10(13)3-6-12(15)14-7-2-8-16-9-11-4-5-11/h10-11H,2-9,13H2,1H3,(H,14,15). The van der Waals surface area contributed by atoms with Gasteiger partial charge in [-0.15, -0.1) is 0 Å². The van der Waals surface area contributed by atoms with Gasteiger partial charge in [-0.25, -0.2) is 0 Å². The van der Waals surface area contributed by atoms with Gasteiger partial charge in [0.05, 0.1) is 0 Å². The lowest BCUT2D eigenvalue weighted by atomic mass is 10.2. The van der Waals surface area contributed by atoms with Crippen LogP contribution in [0.2, 0.25) is 0 Å². The van der Waals surface area contributed by atoms with Crippen molar-refractivity contribution in [3.63, 3.8) is 0 Å². The molecule has 1 atom stereocenters. The molecule has 1 aliphatic carbocycles.